The summed E-state index contributed by atoms with van der Waals surface area (Å²) in [6.07, 6.45) is 1.22. The molecule has 0 radical (unpaired) electrons. The molecule has 172 valence electrons. The molecule has 0 bridgehead atoms. The molecule has 2 aromatic rings. The van der Waals surface area contributed by atoms with Gasteiger partial charge in [-0.25, -0.2) is 8.42 Å². The Bertz CT molecular complexity index is 1080. The van der Waals surface area contributed by atoms with Gasteiger partial charge in [-0.15, -0.1) is 0 Å². The van der Waals surface area contributed by atoms with Gasteiger partial charge in [0.05, 0.1) is 31.9 Å². The van der Waals surface area contributed by atoms with Crippen molar-refractivity contribution in [3.63, 3.8) is 0 Å². The van der Waals surface area contributed by atoms with E-state index in [1.807, 2.05) is 24.3 Å². The van der Waals surface area contributed by atoms with E-state index in [2.05, 4.69) is 15.5 Å². The molecule has 1 aliphatic heterocycles. The molecule has 0 spiro atoms. The molecule has 9 nitrogen and oxygen atoms in total. The normalized spacial score (nSPS) is 14.5. The number of hydrogen-bond acceptors (Lipinski definition) is 7. The number of carbonyl (C=O) groups is 1. The minimum absolute atomic E-state index is 0.138. The van der Waals surface area contributed by atoms with E-state index >= 15 is 0 Å². The summed E-state index contributed by atoms with van der Waals surface area (Å²) in [5, 5.41) is 5.88. The zero-order chi connectivity index (χ0) is 23.3. The molecule has 1 saturated heterocycles. The van der Waals surface area contributed by atoms with Gasteiger partial charge in [-0.05, 0) is 36.5 Å². The predicted octanol–water partition coefficient (Wildman–Crippen LogP) is 1.91. The highest BCUT2D eigenvalue weighted by atomic mass is 32.2. The van der Waals surface area contributed by atoms with Gasteiger partial charge in [-0.3, -0.25) is 10.1 Å². The predicted molar refractivity (Wildman–Crippen MR) is 128 cm³/mol. The number of rotatable bonds is 6. The van der Waals surface area contributed by atoms with Crippen LogP contribution in [0.5, 0.6) is 11.5 Å². The average molecular weight is 479 g/mol. The van der Waals surface area contributed by atoms with Gasteiger partial charge in [0, 0.05) is 37.8 Å². The summed E-state index contributed by atoms with van der Waals surface area (Å²) >= 11 is 5.35. The molecule has 0 aliphatic carbocycles. The number of nitrogens with one attached hydrogen (secondary N) is 2. The SMILES string of the molecule is COc1cc(OC)cc(C(=O)NC(=S)Nc2ccccc2N2CCN(S(C)(=O)=O)CC2)c1. The Morgan fingerprint density at radius 1 is 1.00 bits per heavy atom. The minimum atomic E-state index is -3.21. The lowest BCUT2D eigenvalue weighted by Gasteiger charge is -2.35. The third-order valence-corrected chi connectivity index (χ3v) is 6.55. The van der Waals surface area contributed by atoms with Crippen molar-refractivity contribution in [2.24, 2.45) is 0 Å². The lowest BCUT2D eigenvalue weighted by molar-refractivity contribution is 0.0977. The first kappa shape index (κ1) is 23.8. The number of para-hydroxylation sites is 2. The van der Waals surface area contributed by atoms with E-state index in [1.165, 1.54) is 24.8 Å². The number of sulfonamides is 1. The molecule has 1 fully saturated rings. The van der Waals surface area contributed by atoms with E-state index in [-0.39, 0.29) is 5.11 Å². The van der Waals surface area contributed by atoms with Crippen LogP contribution in [0.2, 0.25) is 0 Å². The van der Waals surface area contributed by atoms with Gasteiger partial charge < -0.3 is 19.7 Å². The van der Waals surface area contributed by atoms with Crippen molar-refractivity contribution in [3.8, 4) is 11.5 Å². The van der Waals surface area contributed by atoms with Crippen molar-refractivity contribution in [1.29, 1.82) is 0 Å². The summed E-state index contributed by atoms with van der Waals surface area (Å²) < 4.78 is 35.4. The van der Waals surface area contributed by atoms with E-state index in [1.54, 1.807) is 18.2 Å². The van der Waals surface area contributed by atoms with Crippen molar-refractivity contribution in [2.45, 2.75) is 0 Å². The second kappa shape index (κ2) is 10.2. The van der Waals surface area contributed by atoms with E-state index in [0.717, 1.165) is 5.69 Å². The number of nitrogens with zero attached hydrogens (tertiary/aromatic N) is 2. The van der Waals surface area contributed by atoms with Crippen LogP contribution in [-0.4, -0.2) is 70.4 Å². The Morgan fingerprint density at radius 3 is 2.16 bits per heavy atom. The molecule has 1 heterocycles. The molecule has 0 unspecified atom stereocenters. The Labute approximate surface area is 193 Å². The number of amides is 1. The second-order valence-corrected chi connectivity index (χ2v) is 9.57. The maximum absolute atomic E-state index is 12.7. The molecule has 2 aromatic carbocycles. The van der Waals surface area contributed by atoms with Gasteiger partial charge in [0.2, 0.25) is 10.0 Å². The van der Waals surface area contributed by atoms with Crippen molar-refractivity contribution in [2.75, 3.05) is 56.9 Å². The van der Waals surface area contributed by atoms with Crippen LogP contribution in [0.25, 0.3) is 0 Å². The molecule has 1 aliphatic rings. The first-order valence-electron chi connectivity index (χ1n) is 9.86. The van der Waals surface area contributed by atoms with Gasteiger partial charge in [-0.2, -0.15) is 4.31 Å². The fraction of sp³-hybridized carbons (Fsp3) is 0.333. The molecule has 0 saturated carbocycles. The van der Waals surface area contributed by atoms with E-state index in [0.29, 0.717) is 48.9 Å². The molecular formula is C21H26N4O5S2. The van der Waals surface area contributed by atoms with Gasteiger partial charge in [-0.1, -0.05) is 12.1 Å². The van der Waals surface area contributed by atoms with Crippen LogP contribution in [0.1, 0.15) is 10.4 Å². The van der Waals surface area contributed by atoms with Crippen LogP contribution < -0.4 is 25.0 Å². The topological polar surface area (TPSA) is 100 Å². The number of carbonyl (C=O) groups excluding carboxylic acids is 1. The number of piperazine rings is 1. The van der Waals surface area contributed by atoms with Crippen LogP contribution in [0.15, 0.2) is 42.5 Å². The summed E-state index contributed by atoms with van der Waals surface area (Å²) in [6, 6.07) is 12.4. The lowest BCUT2D eigenvalue weighted by Crippen LogP contribution is -2.48. The van der Waals surface area contributed by atoms with Crippen molar-refractivity contribution in [1.82, 2.24) is 9.62 Å². The maximum atomic E-state index is 12.7. The number of thiocarbonyl (C=S) groups is 1. The van der Waals surface area contributed by atoms with Crippen LogP contribution >= 0.6 is 12.2 Å². The molecule has 1 amide bonds. The molecule has 2 N–H and O–H groups in total. The highest BCUT2D eigenvalue weighted by Gasteiger charge is 2.24. The quantitative estimate of drug-likeness (QED) is 0.608. The van der Waals surface area contributed by atoms with Crippen LogP contribution in [0, 0.1) is 0 Å². The Balaban J connectivity index is 1.68. The standard InChI is InChI=1S/C21H26N4O5S2/c1-29-16-12-15(13-17(14-16)30-2)20(26)23-21(31)22-18-6-4-5-7-19(18)24-8-10-25(11-9-24)32(3,27)28/h4-7,12-14H,8-11H2,1-3H3,(H2,22,23,26,31). The van der Waals surface area contributed by atoms with Gasteiger partial charge in [0.25, 0.3) is 5.91 Å². The fourth-order valence-corrected chi connectivity index (χ4v) is 4.41. The number of hydrogen-bond donors (Lipinski definition) is 2. The summed E-state index contributed by atoms with van der Waals surface area (Å²) in [4.78, 5) is 14.8. The molecular weight excluding hydrogens is 452 g/mol. The number of methoxy groups -OCH3 is 2. The molecule has 3 rings (SSSR count). The molecule has 0 atom stereocenters. The van der Waals surface area contributed by atoms with Gasteiger partial charge >= 0.3 is 0 Å². The summed E-state index contributed by atoms with van der Waals surface area (Å²) in [5.74, 6) is 0.581. The largest absolute Gasteiger partial charge is 0.497 e. The van der Waals surface area contributed by atoms with Crippen LogP contribution in [-0.2, 0) is 10.0 Å². The lowest BCUT2D eigenvalue weighted by atomic mass is 10.2. The second-order valence-electron chi connectivity index (χ2n) is 7.18. The summed E-state index contributed by atoms with van der Waals surface area (Å²) in [5.41, 5.74) is 1.93. The van der Waals surface area contributed by atoms with Crippen molar-refractivity contribution >= 4 is 44.6 Å². The van der Waals surface area contributed by atoms with Crippen LogP contribution in [0.3, 0.4) is 0 Å². The fourth-order valence-electron chi connectivity index (χ4n) is 3.38. The zero-order valence-electron chi connectivity index (χ0n) is 18.1. The zero-order valence-corrected chi connectivity index (χ0v) is 19.8. The van der Waals surface area contributed by atoms with Crippen molar-refractivity contribution in [3.05, 3.63) is 48.0 Å². The number of ether oxygens (including phenoxy) is 2. The Morgan fingerprint density at radius 2 is 1.59 bits per heavy atom. The van der Waals surface area contributed by atoms with Gasteiger partial charge in [0.1, 0.15) is 11.5 Å². The van der Waals surface area contributed by atoms with Gasteiger partial charge in [0.15, 0.2) is 5.11 Å². The first-order valence-corrected chi connectivity index (χ1v) is 12.1. The highest BCUT2D eigenvalue weighted by molar-refractivity contribution is 7.88. The molecule has 32 heavy (non-hydrogen) atoms. The monoisotopic (exact) mass is 478 g/mol. The van der Waals surface area contributed by atoms with E-state index < -0.39 is 15.9 Å². The smallest absolute Gasteiger partial charge is 0.257 e. The highest BCUT2D eigenvalue weighted by Crippen LogP contribution is 2.27. The number of anilines is 2. The van der Waals surface area contributed by atoms with Crippen LogP contribution in [0.4, 0.5) is 11.4 Å². The van der Waals surface area contributed by atoms with E-state index in [9.17, 15) is 13.2 Å². The average Bonchev–Trinajstić information content (AvgIpc) is 2.78. The molecule has 11 heteroatoms. The first-order chi connectivity index (χ1) is 15.2. The summed E-state index contributed by atoms with van der Waals surface area (Å²) in [6.45, 7) is 1.92. The molecule has 0 aromatic heterocycles. The number of benzene rings is 2. The van der Waals surface area contributed by atoms with Crippen molar-refractivity contribution < 1.29 is 22.7 Å². The van der Waals surface area contributed by atoms with E-state index in [4.69, 9.17) is 21.7 Å². The third-order valence-electron chi connectivity index (χ3n) is 5.04. The Kier molecular flexibility index (Phi) is 7.54. The minimum Gasteiger partial charge on any atom is -0.497 e. The maximum Gasteiger partial charge on any atom is 0.257 e. The Hall–Kier alpha value is -2.89. The third kappa shape index (κ3) is 5.87. The summed E-state index contributed by atoms with van der Waals surface area (Å²) in [7, 11) is -0.187.